The highest BCUT2D eigenvalue weighted by atomic mass is 32.1. The smallest absolute Gasteiger partial charge is 0.389 e. The summed E-state index contributed by atoms with van der Waals surface area (Å²) < 4.78 is 36.8. The van der Waals surface area contributed by atoms with E-state index in [1.807, 2.05) is 0 Å². The van der Waals surface area contributed by atoms with E-state index < -0.39 is 11.7 Å². The number of halogens is 3. The van der Waals surface area contributed by atoms with Crippen LogP contribution >= 0.6 is 12.2 Å². The third-order valence-corrected chi connectivity index (χ3v) is 1.61. The number of aromatic nitrogens is 1. The van der Waals surface area contributed by atoms with E-state index in [9.17, 15) is 13.2 Å². The number of rotatable bonds is 1. The molecule has 6 heteroatoms. The van der Waals surface area contributed by atoms with Crippen molar-refractivity contribution >= 4 is 17.2 Å². The summed E-state index contributed by atoms with van der Waals surface area (Å²) in [6.07, 6.45) is -2.55. The highest BCUT2D eigenvalue weighted by Crippen LogP contribution is 2.30. The van der Waals surface area contributed by atoms with Gasteiger partial charge in [-0.05, 0) is 6.07 Å². The van der Waals surface area contributed by atoms with Crippen LogP contribution in [0, 0.1) is 0 Å². The average molecular weight is 206 g/mol. The Morgan fingerprint density at radius 1 is 1.46 bits per heavy atom. The number of hydrogen-bond donors (Lipinski definition) is 1. The minimum absolute atomic E-state index is 0.197. The summed E-state index contributed by atoms with van der Waals surface area (Å²) in [5, 5.41) is 0. The van der Waals surface area contributed by atoms with Crippen LogP contribution in [0.25, 0.3) is 0 Å². The Bertz CT molecular complexity index is 335. The Kier molecular flexibility index (Phi) is 2.51. The van der Waals surface area contributed by atoms with E-state index in [0.717, 1.165) is 6.07 Å². The third-order valence-electron chi connectivity index (χ3n) is 1.39. The molecule has 0 unspecified atom stereocenters. The van der Waals surface area contributed by atoms with Gasteiger partial charge in [-0.15, -0.1) is 0 Å². The Morgan fingerprint density at radius 2 is 2.08 bits per heavy atom. The Balaban J connectivity index is 3.28. The molecule has 2 N–H and O–H groups in total. The van der Waals surface area contributed by atoms with Gasteiger partial charge in [-0.2, -0.15) is 13.2 Å². The van der Waals surface area contributed by atoms with E-state index >= 15 is 0 Å². The lowest BCUT2D eigenvalue weighted by Gasteiger charge is -2.09. The van der Waals surface area contributed by atoms with Gasteiger partial charge in [-0.3, -0.25) is 4.98 Å². The molecule has 0 bridgehead atoms. The van der Waals surface area contributed by atoms with Gasteiger partial charge in [-0.25, -0.2) is 0 Å². The molecule has 0 aliphatic heterocycles. The van der Waals surface area contributed by atoms with Crippen molar-refractivity contribution in [2.24, 2.45) is 5.73 Å². The topological polar surface area (TPSA) is 38.9 Å². The van der Waals surface area contributed by atoms with Crippen LogP contribution in [0.4, 0.5) is 13.2 Å². The summed E-state index contributed by atoms with van der Waals surface area (Å²) in [4.78, 5) is 3.08. The maximum Gasteiger partial charge on any atom is 0.418 e. The largest absolute Gasteiger partial charge is 0.418 e. The molecule has 1 rings (SSSR count). The summed E-state index contributed by atoms with van der Waals surface area (Å²) in [5.41, 5.74) is 4.02. The zero-order valence-corrected chi connectivity index (χ0v) is 7.12. The maximum atomic E-state index is 12.3. The molecule has 1 aromatic rings. The number of nitrogens with zero attached hydrogens (tertiary/aromatic N) is 1. The zero-order chi connectivity index (χ0) is 10.1. The van der Waals surface area contributed by atoms with Crippen LogP contribution < -0.4 is 5.73 Å². The fraction of sp³-hybridized carbons (Fsp3) is 0.143. The van der Waals surface area contributed by atoms with Crippen LogP contribution in [0.3, 0.4) is 0 Å². The predicted octanol–water partition coefficient (Wildman–Crippen LogP) is 1.73. The summed E-state index contributed by atoms with van der Waals surface area (Å²) >= 11 is 4.47. The van der Waals surface area contributed by atoms with E-state index in [-0.39, 0.29) is 10.6 Å². The van der Waals surface area contributed by atoms with Crippen LogP contribution in [0.1, 0.15) is 11.1 Å². The van der Waals surface area contributed by atoms with Crippen LogP contribution in [-0.4, -0.2) is 9.97 Å². The molecule has 0 atom stereocenters. The molecular weight excluding hydrogens is 201 g/mol. The molecule has 13 heavy (non-hydrogen) atoms. The van der Waals surface area contributed by atoms with Crippen LogP contribution in [0.2, 0.25) is 0 Å². The molecule has 0 radical (unpaired) electrons. The van der Waals surface area contributed by atoms with Crippen LogP contribution in [0.15, 0.2) is 18.5 Å². The monoisotopic (exact) mass is 206 g/mol. The van der Waals surface area contributed by atoms with Gasteiger partial charge in [0, 0.05) is 18.0 Å². The van der Waals surface area contributed by atoms with Gasteiger partial charge >= 0.3 is 6.18 Å². The molecular formula is C7H5F3N2S. The van der Waals surface area contributed by atoms with Crippen molar-refractivity contribution in [3.8, 4) is 0 Å². The van der Waals surface area contributed by atoms with Gasteiger partial charge in [0.2, 0.25) is 0 Å². The molecule has 1 aromatic heterocycles. The van der Waals surface area contributed by atoms with Crippen molar-refractivity contribution < 1.29 is 13.2 Å². The molecule has 0 fully saturated rings. The molecule has 0 aliphatic carbocycles. The van der Waals surface area contributed by atoms with E-state index in [0.29, 0.717) is 6.20 Å². The molecule has 0 aliphatic rings. The lowest BCUT2D eigenvalue weighted by atomic mass is 10.1. The number of nitrogens with two attached hydrogens (primary N) is 1. The zero-order valence-electron chi connectivity index (χ0n) is 6.30. The molecule has 0 aromatic carbocycles. The first kappa shape index (κ1) is 9.91. The van der Waals surface area contributed by atoms with Crippen molar-refractivity contribution in [2.75, 3.05) is 0 Å². The Hall–Kier alpha value is -1.17. The molecule has 1 heterocycles. The Labute approximate surface area is 77.6 Å². The van der Waals surface area contributed by atoms with Crippen molar-refractivity contribution in [3.05, 3.63) is 29.6 Å². The minimum atomic E-state index is -4.47. The van der Waals surface area contributed by atoms with Gasteiger partial charge in [0.15, 0.2) is 0 Å². The maximum absolute atomic E-state index is 12.3. The quantitative estimate of drug-likeness (QED) is 0.711. The molecule has 0 amide bonds. The molecule has 70 valence electrons. The summed E-state index contributed by atoms with van der Waals surface area (Å²) in [7, 11) is 0. The van der Waals surface area contributed by atoms with Gasteiger partial charge in [0.25, 0.3) is 0 Å². The summed E-state index contributed by atoms with van der Waals surface area (Å²) in [6.45, 7) is 0. The first-order valence-corrected chi connectivity index (χ1v) is 3.65. The SMILES string of the molecule is NC(=S)c1ccncc1C(F)(F)F. The third kappa shape index (κ3) is 2.15. The highest BCUT2D eigenvalue weighted by molar-refractivity contribution is 7.80. The van der Waals surface area contributed by atoms with E-state index in [4.69, 9.17) is 5.73 Å². The standard InChI is InChI=1S/C7H5F3N2S/c8-7(9,10)5-3-12-2-1-4(5)6(11)13/h1-3H,(H2,11,13). The molecule has 0 spiro atoms. The fourth-order valence-corrected chi connectivity index (χ4v) is 1.01. The van der Waals surface area contributed by atoms with E-state index in [1.165, 1.54) is 6.20 Å². The second-order valence-corrected chi connectivity index (χ2v) is 2.72. The van der Waals surface area contributed by atoms with Gasteiger partial charge in [-0.1, -0.05) is 12.2 Å². The summed E-state index contributed by atoms with van der Waals surface area (Å²) in [5.74, 6) is 0. The predicted molar refractivity (Wildman–Crippen MR) is 45.1 cm³/mol. The molecule has 2 nitrogen and oxygen atoms in total. The van der Waals surface area contributed by atoms with Crippen molar-refractivity contribution in [1.29, 1.82) is 0 Å². The van der Waals surface area contributed by atoms with Crippen LogP contribution in [0.5, 0.6) is 0 Å². The first-order chi connectivity index (χ1) is 5.93. The number of pyridine rings is 1. The van der Waals surface area contributed by atoms with Crippen LogP contribution in [-0.2, 0) is 6.18 Å². The average Bonchev–Trinajstić information content (AvgIpc) is 2.03. The second kappa shape index (κ2) is 3.29. The number of alkyl halides is 3. The first-order valence-electron chi connectivity index (χ1n) is 3.24. The summed E-state index contributed by atoms with van der Waals surface area (Å²) in [6, 6.07) is 1.14. The normalized spacial score (nSPS) is 11.3. The van der Waals surface area contributed by atoms with Gasteiger partial charge in [0.05, 0.1) is 5.56 Å². The highest BCUT2D eigenvalue weighted by Gasteiger charge is 2.34. The minimum Gasteiger partial charge on any atom is -0.389 e. The van der Waals surface area contributed by atoms with Crippen molar-refractivity contribution in [1.82, 2.24) is 4.98 Å². The number of thiocarbonyl (C=S) groups is 1. The van der Waals surface area contributed by atoms with E-state index in [2.05, 4.69) is 17.2 Å². The van der Waals surface area contributed by atoms with Gasteiger partial charge in [0.1, 0.15) is 4.99 Å². The lowest BCUT2D eigenvalue weighted by molar-refractivity contribution is -0.137. The second-order valence-electron chi connectivity index (χ2n) is 2.28. The lowest BCUT2D eigenvalue weighted by Crippen LogP contribution is -2.17. The molecule has 0 saturated heterocycles. The van der Waals surface area contributed by atoms with Crippen molar-refractivity contribution in [3.63, 3.8) is 0 Å². The Morgan fingerprint density at radius 3 is 2.46 bits per heavy atom. The van der Waals surface area contributed by atoms with E-state index in [1.54, 1.807) is 0 Å². The van der Waals surface area contributed by atoms with Gasteiger partial charge < -0.3 is 5.73 Å². The fourth-order valence-electron chi connectivity index (χ4n) is 0.835. The molecule has 0 saturated carbocycles. The number of hydrogen-bond acceptors (Lipinski definition) is 2. The van der Waals surface area contributed by atoms with Crippen molar-refractivity contribution in [2.45, 2.75) is 6.18 Å².